The molecule has 0 saturated heterocycles. The van der Waals surface area contributed by atoms with E-state index in [2.05, 4.69) is 10.3 Å². The van der Waals surface area contributed by atoms with Gasteiger partial charge in [0, 0.05) is 7.05 Å². The van der Waals surface area contributed by atoms with E-state index in [0.29, 0.717) is 0 Å². The molecule has 0 saturated carbocycles. The number of aliphatic hydroxyl groups is 1. The second kappa shape index (κ2) is 4.41. The molecular formula is C11H10F3N3O. The molecule has 0 aliphatic rings. The molecule has 0 bridgehead atoms. The van der Waals surface area contributed by atoms with Crippen LogP contribution < -0.4 is 0 Å². The number of alkyl halides is 3. The zero-order chi connectivity index (χ0) is 13.3. The van der Waals surface area contributed by atoms with Gasteiger partial charge in [0.15, 0.2) is 0 Å². The number of rotatable bonds is 2. The molecule has 4 nitrogen and oxygen atoms in total. The van der Waals surface area contributed by atoms with Crippen LogP contribution in [-0.2, 0) is 13.2 Å². The molecule has 96 valence electrons. The Labute approximate surface area is 101 Å². The number of aliphatic hydroxyl groups excluding tert-OH is 1. The third-order valence-corrected chi connectivity index (χ3v) is 2.59. The van der Waals surface area contributed by atoms with E-state index in [9.17, 15) is 18.3 Å². The molecule has 7 heteroatoms. The summed E-state index contributed by atoms with van der Waals surface area (Å²) in [6.45, 7) is 0. The molecule has 1 unspecified atom stereocenters. The van der Waals surface area contributed by atoms with Crippen molar-refractivity contribution in [2.75, 3.05) is 0 Å². The van der Waals surface area contributed by atoms with Crippen molar-refractivity contribution in [2.24, 2.45) is 7.05 Å². The monoisotopic (exact) mass is 257 g/mol. The van der Waals surface area contributed by atoms with Crippen LogP contribution in [0.4, 0.5) is 13.2 Å². The van der Waals surface area contributed by atoms with Gasteiger partial charge in [-0.3, -0.25) is 0 Å². The van der Waals surface area contributed by atoms with Crippen LogP contribution >= 0.6 is 0 Å². The predicted octanol–water partition coefficient (Wildman–Crippen LogP) is 1.92. The number of benzene rings is 1. The van der Waals surface area contributed by atoms with Gasteiger partial charge in [0.2, 0.25) is 0 Å². The summed E-state index contributed by atoms with van der Waals surface area (Å²) in [6.07, 6.45) is -4.69. The molecule has 0 aliphatic heterocycles. The fourth-order valence-electron chi connectivity index (χ4n) is 1.70. The van der Waals surface area contributed by atoms with Crippen LogP contribution in [0.3, 0.4) is 0 Å². The molecule has 1 heterocycles. The largest absolute Gasteiger partial charge is 0.416 e. The lowest BCUT2D eigenvalue weighted by Crippen LogP contribution is -2.14. The Morgan fingerprint density at radius 1 is 1.28 bits per heavy atom. The van der Waals surface area contributed by atoms with E-state index in [-0.39, 0.29) is 11.3 Å². The maximum Gasteiger partial charge on any atom is 0.416 e. The van der Waals surface area contributed by atoms with E-state index >= 15 is 0 Å². The fraction of sp³-hybridized carbons (Fsp3) is 0.273. The average molecular weight is 257 g/mol. The minimum Gasteiger partial charge on any atom is -0.382 e. The first kappa shape index (κ1) is 12.6. The van der Waals surface area contributed by atoms with Crippen LogP contribution in [0.25, 0.3) is 0 Å². The first-order valence-corrected chi connectivity index (χ1v) is 5.10. The first-order chi connectivity index (χ1) is 8.41. The highest BCUT2D eigenvalue weighted by Gasteiger charge is 2.35. The molecule has 1 aromatic carbocycles. The van der Waals surface area contributed by atoms with Crippen molar-refractivity contribution in [3.8, 4) is 0 Å². The summed E-state index contributed by atoms with van der Waals surface area (Å²) >= 11 is 0. The highest BCUT2D eigenvalue weighted by molar-refractivity contribution is 5.35. The van der Waals surface area contributed by atoms with Gasteiger partial charge in [-0.2, -0.15) is 13.2 Å². The summed E-state index contributed by atoms with van der Waals surface area (Å²) in [6, 6.07) is 4.89. The summed E-state index contributed by atoms with van der Waals surface area (Å²) in [5.41, 5.74) is -0.874. The summed E-state index contributed by atoms with van der Waals surface area (Å²) in [7, 11) is 1.50. The Morgan fingerprint density at radius 3 is 2.50 bits per heavy atom. The Kier molecular flexibility index (Phi) is 3.08. The number of nitrogens with zero attached hydrogens (tertiary/aromatic N) is 3. The van der Waals surface area contributed by atoms with E-state index < -0.39 is 17.8 Å². The zero-order valence-corrected chi connectivity index (χ0v) is 9.39. The minimum absolute atomic E-state index is 0.201. The van der Waals surface area contributed by atoms with Gasteiger partial charge in [0.1, 0.15) is 6.10 Å². The Hall–Kier alpha value is -1.89. The topological polar surface area (TPSA) is 50.9 Å². The van der Waals surface area contributed by atoms with Gasteiger partial charge >= 0.3 is 6.18 Å². The molecule has 0 aliphatic carbocycles. The van der Waals surface area contributed by atoms with E-state index in [1.807, 2.05) is 0 Å². The highest BCUT2D eigenvalue weighted by atomic mass is 19.4. The lowest BCUT2D eigenvalue weighted by Gasteiger charge is -2.17. The Morgan fingerprint density at radius 2 is 1.94 bits per heavy atom. The quantitative estimate of drug-likeness (QED) is 0.894. The zero-order valence-electron chi connectivity index (χ0n) is 9.39. The Balaban J connectivity index is 2.49. The summed E-state index contributed by atoms with van der Waals surface area (Å²) in [4.78, 5) is 0. The summed E-state index contributed by atoms with van der Waals surface area (Å²) in [5, 5.41) is 17.1. The van der Waals surface area contributed by atoms with Gasteiger partial charge < -0.3 is 5.11 Å². The van der Waals surface area contributed by atoms with Gasteiger partial charge in [0.05, 0.1) is 17.5 Å². The van der Waals surface area contributed by atoms with E-state index in [1.54, 1.807) is 0 Å². The normalized spacial score (nSPS) is 13.6. The van der Waals surface area contributed by atoms with Crippen LogP contribution in [0.5, 0.6) is 0 Å². The number of aromatic nitrogens is 3. The molecule has 1 N–H and O–H groups in total. The molecule has 2 aromatic rings. The van der Waals surface area contributed by atoms with Crippen molar-refractivity contribution in [3.63, 3.8) is 0 Å². The first-order valence-electron chi connectivity index (χ1n) is 5.10. The molecule has 0 radical (unpaired) electrons. The Bertz CT molecular complexity index is 550. The lowest BCUT2D eigenvalue weighted by atomic mass is 10.00. The summed E-state index contributed by atoms with van der Waals surface area (Å²) in [5.74, 6) is 0. The molecule has 18 heavy (non-hydrogen) atoms. The maximum absolute atomic E-state index is 12.8. The van der Waals surface area contributed by atoms with Crippen LogP contribution in [0, 0.1) is 0 Å². The fourth-order valence-corrected chi connectivity index (χ4v) is 1.70. The number of halogens is 3. The van der Waals surface area contributed by atoms with Crippen molar-refractivity contribution >= 4 is 0 Å². The van der Waals surface area contributed by atoms with Crippen LogP contribution in [0.2, 0.25) is 0 Å². The third kappa shape index (κ3) is 2.21. The molecule has 1 aromatic heterocycles. The van der Waals surface area contributed by atoms with Crippen LogP contribution in [0.15, 0.2) is 30.5 Å². The minimum atomic E-state index is -4.51. The molecule has 0 fully saturated rings. The lowest BCUT2D eigenvalue weighted by molar-refractivity contribution is -0.139. The molecule has 0 amide bonds. The van der Waals surface area contributed by atoms with Gasteiger partial charge in [0.25, 0.3) is 0 Å². The van der Waals surface area contributed by atoms with Crippen molar-refractivity contribution in [2.45, 2.75) is 12.3 Å². The number of hydrogen-bond acceptors (Lipinski definition) is 3. The van der Waals surface area contributed by atoms with Crippen molar-refractivity contribution < 1.29 is 18.3 Å². The number of hydrogen-bond donors (Lipinski definition) is 1. The molecule has 0 spiro atoms. The van der Waals surface area contributed by atoms with Crippen LogP contribution in [-0.4, -0.2) is 20.1 Å². The van der Waals surface area contributed by atoms with Gasteiger partial charge in [-0.1, -0.05) is 23.4 Å². The smallest absolute Gasteiger partial charge is 0.382 e. The molecular weight excluding hydrogens is 247 g/mol. The second-order valence-corrected chi connectivity index (χ2v) is 3.77. The van der Waals surface area contributed by atoms with Gasteiger partial charge in [-0.15, -0.1) is 5.10 Å². The van der Waals surface area contributed by atoms with Crippen molar-refractivity contribution in [1.29, 1.82) is 0 Å². The average Bonchev–Trinajstić information content (AvgIpc) is 2.73. The number of aryl methyl sites for hydroxylation is 1. The van der Waals surface area contributed by atoms with E-state index in [0.717, 1.165) is 6.07 Å². The van der Waals surface area contributed by atoms with E-state index in [1.165, 1.54) is 36.1 Å². The van der Waals surface area contributed by atoms with E-state index in [4.69, 9.17) is 0 Å². The molecule has 1 atom stereocenters. The summed E-state index contributed by atoms with van der Waals surface area (Å²) < 4.78 is 39.6. The third-order valence-electron chi connectivity index (χ3n) is 2.59. The second-order valence-electron chi connectivity index (χ2n) is 3.77. The van der Waals surface area contributed by atoms with Crippen molar-refractivity contribution in [3.05, 3.63) is 47.3 Å². The standard InChI is InChI=1S/C11H10F3N3O/c1-17-9(6-15-16-17)10(18)7-4-2-3-5-8(7)11(12,13)14/h2-6,10,18H,1H3. The van der Waals surface area contributed by atoms with Crippen LogP contribution in [0.1, 0.15) is 22.9 Å². The predicted molar refractivity (Wildman–Crippen MR) is 56.5 cm³/mol. The van der Waals surface area contributed by atoms with Gasteiger partial charge in [-0.25, -0.2) is 4.68 Å². The van der Waals surface area contributed by atoms with Gasteiger partial charge in [-0.05, 0) is 11.6 Å². The highest BCUT2D eigenvalue weighted by Crippen LogP contribution is 2.36. The SMILES string of the molecule is Cn1nncc1C(O)c1ccccc1C(F)(F)F. The maximum atomic E-state index is 12.8. The molecule has 2 rings (SSSR count). The van der Waals surface area contributed by atoms with Crippen molar-refractivity contribution in [1.82, 2.24) is 15.0 Å².